The number of amides is 2. The lowest BCUT2D eigenvalue weighted by Gasteiger charge is -2.15. The number of nitrogens with one attached hydrogen (secondary N) is 1. The van der Waals surface area contributed by atoms with Gasteiger partial charge >= 0.3 is 0 Å². The van der Waals surface area contributed by atoms with Crippen molar-refractivity contribution in [3.05, 3.63) is 38.5 Å². The standard InChI is InChI=1S/C16H17BrN2O5S/c1-22-12-3-9(4-13(23-2)15(12)24-7-14(18)20)16(21)19-6-11-5-10(17)8-25-11/h3-5,8H,6-7H2,1-2H3,(H2,18,20)(H,19,21). The van der Waals surface area contributed by atoms with Crippen LogP contribution in [0, 0.1) is 0 Å². The minimum atomic E-state index is -0.631. The van der Waals surface area contributed by atoms with Gasteiger partial charge in [-0.3, -0.25) is 9.59 Å². The molecular formula is C16H17BrN2O5S. The number of benzene rings is 1. The van der Waals surface area contributed by atoms with Gasteiger partial charge in [-0.1, -0.05) is 0 Å². The van der Waals surface area contributed by atoms with Crippen molar-refractivity contribution in [2.75, 3.05) is 20.8 Å². The topological polar surface area (TPSA) is 99.9 Å². The van der Waals surface area contributed by atoms with E-state index in [2.05, 4.69) is 21.2 Å². The Morgan fingerprint density at radius 2 is 1.84 bits per heavy atom. The van der Waals surface area contributed by atoms with Gasteiger partial charge in [-0.2, -0.15) is 0 Å². The largest absolute Gasteiger partial charge is 0.493 e. The summed E-state index contributed by atoms with van der Waals surface area (Å²) < 4.78 is 16.8. The van der Waals surface area contributed by atoms with Gasteiger partial charge in [-0.05, 0) is 34.1 Å². The van der Waals surface area contributed by atoms with Gasteiger partial charge in [0.2, 0.25) is 5.75 Å². The summed E-state index contributed by atoms with van der Waals surface area (Å²) in [5.74, 6) is -0.174. The number of hydrogen-bond donors (Lipinski definition) is 2. The first-order chi connectivity index (χ1) is 11.9. The molecule has 1 aromatic carbocycles. The van der Waals surface area contributed by atoms with Crippen molar-refractivity contribution >= 4 is 39.1 Å². The summed E-state index contributed by atoms with van der Waals surface area (Å²) in [7, 11) is 2.85. The second-order valence-electron chi connectivity index (χ2n) is 4.88. The molecule has 25 heavy (non-hydrogen) atoms. The number of carbonyl (C=O) groups excluding carboxylic acids is 2. The number of ether oxygens (including phenoxy) is 3. The Balaban J connectivity index is 2.19. The summed E-state index contributed by atoms with van der Waals surface area (Å²) in [4.78, 5) is 24.3. The molecule has 1 heterocycles. The van der Waals surface area contributed by atoms with Crippen LogP contribution in [0.3, 0.4) is 0 Å². The van der Waals surface area contributed by atoms with Crippen molar-refractivity contribution in [1.82, 2.24) is 5.32 Å². The lowest BCUT2D eigenvalue weighted by Crippen LogP contribution is -2.23. The van der Waals surface area contributed by atoms with Crippen molar-refractivity contribution in [2.24, 2.45) is 5.73 Å². The first-order valence-corrected chi connectivity index (χ1v) is 8.80. The molecule has 2 rings (SSSR count). The first kappa shape index (κ1) is 19.1. The van der Waals surface area contributed by atoms with Crippen LogP contribution in [0.1, 0.15) is 15.2 Å². The predicted octanol–water partition coefficient (Wildman–Crippen LogP) is 2.32. The Labute approximate surface area is 157 Å². The second-order valence-corrected chi connectivity index (χ2v) is 6.79. The van der Waals surface area contributed by atoms with E-state index in [4.69, 9.17) is 19.9 Å². The van der Waals surface area contributed by atoms with Crippen molar-refractivity contribution < 1.29 is 23.8 Å². The van der Waals surface area contributed by atoms with Crippen LogP contribution in [0.4, 0.5) is 0 Å². The van der Waals surface area contributed by atoms with Gasteiger partial charge in [0.15, 0.2) is 18.1 Å². The van der Waals surface area contributed by atoms with E-state index in [1.54, 1.807) is 0 Å². The van der Waals surface area contributed by atoms with Gasteiger partial charge in [0.25, 0.3) is 11.8 Å². The molecular weight excluding hydrogens is 412 g/mol. The number of nitrogens with two attached hydrogens (primary N) is 1. The van der Waals surface area contributed by atoms with E-state index in [9.17, 15) is 9.59 Å². The van der Waals surface area contributed by atoms with Crippen LogP contribution in [0.2, 0.25) is 0 Å². The summed E-state index contributed by atoms with van der Waals surface area (Å²) >= 11 is 4.91. The number of halogens is 1. The Morgan fingerprint density at radius 3 is 2.32 bits per heavy atom. The average molecular weight is 429 g/mol. The Bertz CT molecular complexity index is 753. The highest BCUT2D eigenvalue weighted by molar-refractivity contribution is 9.10. The molecule has 0 aliphatic heterocycles. The highest BCUT2D eigenvalue weighted by Gasteiger charge is 2.18. The van der Waals surface area contributed by atoms with E-state index in [1.165, 1.54) is 37.7 Å². The number of hydrogen-bond acceptors (Lipinski definition) is 6. The maximum absolute atomic E-state index is 12.4. The van der Waals surface area contributed by atoms with Crippen LogP contribution in [0.25, 0.3) is 0 Å². The highest BCUT2D eigenvalue weighted by atomic mass is 79.9. The highest BCUT2D eigenvalue weighted by Crippen LogP contribution is 2.38. The van der Waals surface area contributed by atoms with E-state index in [1.807, 2.05) is 11.4 Å². The molecule has 0 aliphatic carbocycles. The van der Waals surface area contributed by atoms with Crippen LogP contribution in [0.5, 0.6) is 17.2 Å². The molecule has 9 heteroatoms. The SMILES string of the molecule is COc1cc(C(=O)NCc2cc(Br)cs2)cc(OC)c1OCC(N)=O. The molecule has 0 atom stereocenters. The molecule has 0 saturated carbocycles. The Morgan fingerprint density at radius 1 is 1.20 bits per heavy atom. The van der Waals surface area contributed by atoms with E-state index in [0.29, 0.717) is 12.1 Å². The minimum absolute atomic E-state index is 0.211. The molecule has 0 spiro atoms. The molecule has 0 unspecified atom stereocenters. The molecule has 2 amide bonds. The third-order valence-corrected chi connectivity index (χ3v) is 4.82. The summed E-state index contributed by atoms with van der Waals surface area (Å²) in [5, 5.41) is 4.77. The monoisotopic (exact) mass is 428 g/mol. The van der Waals surface area contributed by atoms with Crippen molar-refractivity contribution in [3.63, 3.8) is 0 Å². The van der Waals surface area contributed by atoms with E-state index < -0.39 is 5.91 Å². The van der Waals surface area contributed by atoms with Crippen LogP contribution >= 0.6 is 27.3 Å². The van der Waals surface area contributed by atoms with Gasteiger partial charge in [0.1, 0.15) is 0 Å². The fraction of sp³-hybridized carbons (Fsp3) is 0.250. The number of methoxy groups -OCH3 is 2. The molecule has 7 nitrogen and oxygen atoms in total. The third kappa shape index (κ3) is 5.10. The molecule has 3 N–H and O–H groups in total. The molecule has 0 aliphatic rings. The summed E-state index contributed by atoms with van der Waals surface area (Å²) in [6, 6.07) is 4.96. The molecule has 0 fully saturated rings. The summed E-state index contributed by atoms with van der Waals surface area (Å²) in [6.07, 6.45) is 0. The van der Waals surface area contributed by atoms with E-state index >= 15 is 0 Å². The second kappa shape index (κ2) is 8.72. The first-order valence-electron chi connectivity index (χ1n) is 7.12. The molecule has 0 saturated heterocycles. The number of primary amides is 1. The van der Waals surface area contributed by atoms with Crippen molar-refractivity contribution in [2.45, 2.75) is 6.54 Å². The summed E-state index contributed by atoms with van der Waals surface area (Å²) in [5.41, 5.74) is 5.43. The Hall–Kier alpha value is -2.26. The molecule has 2 aromatic rings. The smallest absolute Gasteiger partial charge is 0.255 e. The fourth-order valence-electron chi connectivity index (χ4n) is 2.01. The van der Waals surface area contributed by atoms with Gasteiger partial charge in [0.05, 0.1) is 20.8 Å². The van der Waals surface area contributed by atoms with Gasteiger partial charge in [0, 0.05) is 20.3 Å². The zero-order valence-electron chi connectivity index (χ0n) is 13.6. The van der Waals surface area contributed by atoms with Gasteiger partial charge in [-0.15, -0.1) is 11.3 Å². The molecule has 134 valence electrons. The quantitative estimate of drug-likeness (QED) is 0.671. The summed E-state index contributed by atoms with van der Waals surface area (Å²) in [6.45, 7) is 0.0746. The third-order valence-electron chi connectivity index (χ3n) is 3.13. The zero-order chi connectivity index (χ0) is 18.4. The minimum Gasteiger partial charge on any atom is -0.493 e. The van der Waals surface area contributed by atoms with Crippen molar-refractivity contribution in [3.8, 4) is 17.2 Å². The van der Waals surface area contributed by atoms with Crippen molar-refractivity contribution in [1.29, 1.82) is 0 Å². The van der Waals surface area contributed by atoms with Crippen LogP contribution in [0.15, 0.2) is 28.1 Å². The number of carbonyl (C=O) groups is 2. The van der Waals surface area contributed by atoms with Crippen LogP contribution < -0.4 is 25.3 Å². The zero-order valence-corrected chi connectivity index (χ0v) is 16.0. The van der Waals surface area contributed by atoms with E-state index in [-0.39, 0.29) is 29.8 Å². The number of rotatable bonds is 8. The van der Waals surface area contributed by atoms with Gasteiger partial charge < -0.3 is 25.3 Å². The van der Waals surface area contributed by atoms with Gasteiger partial charge in [-0.25, -0.2) is 0 Å². The fourth-order valence-corrected chi connectivity index (χ4v) is 3.40. The molecule has 0 radical (unpaired) electrons. The maximum atomic E-state index is 12.4. The lowest BCUT2D eigenvalue weighted by molar-refractivity contribution is -0.120. The Kier molecular flexibility index (Phi) is 6.65. The maximum Gasteiger partial charge on any atom is 0.255 e. The molecule has 1 aromatic heterocycles. The lowest BCUT2D eigenvalue weighted by atomic mass is 10.1. The average Bonchev–Trinajstić information content (AvgIpc) is 3.02. The van der Waals surface area contributed by atoms with Crippen LogP contribution in [-0.2, 0) is 11.3 Å². The molecule has 0 bridgehead atoms. The predicted molar refractivity (Wildman–Crippen MR) is 97.4 cm³/mol. The van der Waals surface area contributed by atoms with E-state index in [0.717, 1.165) is 9.35 Å². The number of thiophene rings is 1. The van der Waals surface area contributed by atoms with Crippen LogP contribution in [-0.4, -0.2) is 32.6 Å². The normalized spacial score (nSPS) is 10.2.